The maximum atomic E-state index is 11.9. The van der Waals surface area contributed by atoms with Crippen molar-refractivity contribution in [1.29, 1.82) is 0 Å². The molecule has 1 atom stereocenters. The van der Waals surface area contributed by atoms with E-state index in [0.717, 1.165) is 11.3 Å². The van der Waals surface area contributed by atoms with E-state index in [1.807, 2.05) is 37.3 Å². The minimum atomic E-state index is 0.0206. The fourth-order valence-electron chi connectivity index (χ4n) is 1.83. The average molecular weight is 286 g/mol. The van der Waals surface area contributed by atoms with Crippen molar-refractivity contribution in [2.45, 2.75) is 24.3 Å². The van der Waals surface area contributed by atoms with Gasteiger partial charge in [0.2, 0.25) is 5.91 Å². The van der Waals surface area contributed by atoms with E-state index in [1.54, 1.807) is 24.2 Å². The zero-order chi connectivity index (χ0) is 14.2. The van der Waals surface area contributed by atoms with Gasteiger partial charge in [-0.15, -0.1) is 11.8 Å². The molecule has 1 aromatic heterocycles. The number of hydrogen-bond acceptors (Lipinski definition) is 3. The minimum absolute atomic E-state index is 0.0206. The lowest BCUT2D eigenvalue weighted by Crippen LogP contribution is -2.26. The van der Waals surface area contributed by atoms with Crippen molar-refractivity contribution in [2.75, 3.05) is 5.75 Å². The van der Waals surface area contributed by atoms with Crippen molar-refractivity contribution < 1.29 is 4.79 Å². The highest BCUT2D eigenvalue weighted by Gasteiger charge is 2.09. The third-order valence-corrected chi connectivity index (χ3v) is 3.94. The molecule has 4 heteroatoms. The highest BCUT2D eigenvalue weighted by Crippen LogP contribution is 2.18. The Morgan fingerprint density at radius 2 is 1.90 bits per heavy atom. The zero-order valence-electron chi connectivity index (χ0n) is 11.5. The maximum Gasteiger partial charge on any atom is 0.221 e. The Balaban J connectivity index is 1.73. The van der Waals surface area contributed by atoms with Crippen molar-refractivity contribution in [3.05, 3.63) is 60.4 Å². The van der Waals surface area contributed by atoms with Gasteiger partial charge >= 0.3 is 0 Å². The molecule has 0 aliphatic carbocycles. The summed E-state index contributed by atoms with van der Waals surface area (Å²) in [6, 6.07) is 14.0. The first kappa shape index (κ1) is 14.6. The summed E-state index contributed by atoms with van der Waals surface area (Å²) in [5.74, 6) is 0.872. The Morgan fingerprint density at radius 3 is 2.60 bits per heavy atom. The highest BCUT2D eigenvalue weighted by molar-refractivity contribution is 7.99. The van der Waals surface area contributed by atoms with Crippen LogP contribution in [0.1, 0.15) is 24.9 Å². The summed E-state index contributed by atoms with van der Waals surface area (Å²) in [6.45, 7) is 1.98. The number of thioether (sulfide) groups is 1. The summed E-state index contributed by atoms with van der Waals surface area (Å²) in [7, 11) is 0. The number of hydrogen-bond donors (Lipinski definition) is 1. The predicted octanol–water partition coefficient (Wildman–Crippen LogP) is 3.44. The molecule has 0 bridgehead atoms. The van der Waals surface area contributed by atoms with E-state index in [2.05, 4.69) is 22.4 Å². The van der Waals surface area contributed by atoms with Crippen LogP contribution >= 0.6 is 11.8 Å². The lowest BCUT2D eigenvalue weighted by Gasteiger charge is -2.13. The van der Waals surface area contributed by atoms with E-state index in [-0.39, 0.29) is 11.9 Å². The molecule has 2 aromatic rings. The van der Waals surface area contributed by atoms with Crippen LogP contribution in [0, 0.1) is 0 Å². The summed E-state index contributed by atoms with van der Waals surface area (Å²) in [6.07, 6.45) is 4.00. The minimum Gasteiger partial charge on any atom is -0.350 e. The van der Waals surface area contributed by atoms with Crippen LogP contribution in [0.4, 0.5) is 0 Å². The fraction of sp³-hybridized carbons (Fsp3) is 0.250. The van der Waals surface area contributed by atoms with Gasteiger partial charge in [0.1, 0.15) is 0 Å². The molecule has 0 saturated carbocycles. The Kier molecular flexibility index (Phi) is 5.62. The van der Waals surface area contributed by atoms with E-state index in [4.69, 9.17) is 0 Å². The molecule has 104 valence electrons. The molecule has 20 heavy (non-hydrogen) atoms. The molecule has 1 N–H and O–H groups in total. The topological polar surface area (TPSA) is 42.0 Å². The van der Waals surface area contributed by atoms with Gasteiger partial charge in [-0.2, -0.15) is 0 Å². The van der Waals surface area contributed by atoms with E-state index in [0.29, 0.717) is 6.42 Å². The second-order valence-corrected chi connectivity index (χ2v) is 5.65. The number of nitrogens with one attached hydrogen (secondary N) is 1. The van der Waals surface area contributed by atoms with Crippen LogP contribution in [0.3, 0.4) is 0 Å². The summed E-state index contributed by atoms with van der Waals surface area (Å²) in [5, 5.41) is 3.00. The summed E-state index contributed by atoms with van der Waals surface area (Å²) in [5.41, 5.74) is 1.07. The number of aromatic nitrogens is 1. The lowest BCUT2D eigenvalue weighted by molar-refractivity contribution is -0.121. The van der Waals surface area contributed by atoms with E-state index in [1.165, 1.54) is 4.90 Å². The van der Waals surface area contributed by atoms with Gasteiger partial charge in [0.25, 0.3) is 0 Å². The smallest absolute Gasteiger partial charge is 0.221 e. The van der Waals surface area contributed by atoms with Crippen molar-refractivity contribution >= 4 is 17.7 Å². The van der Waals surface area contributed by atoms with Crippen LogP contribution in [-0.4, -0.2) is 16.6 Å². The van der Waals surface area contributed by atoms with E-state index in [9.17, 15) is 4.79 Å². The molecule has 0 aliphatic rings. The number of benzene rings is 1. The Bertz CT molecular complexity index is 531. The van der Waals surface area contributed by atoms with E-state index >= 15 is 0 Å². The maximum absolute atomic E-state index is 11.9. The molecule has 0 radical (unpaired) electrons. The lowest BCUT2D eigenvalue weighted by atomic mass is 10.1. The van der Waals surface area contributed by atoms with Gasteiger partial charge in [0.15, 0.2) is 0 Å². The Hall–Kier alpha value is -1.81. The molecule has 0 saturated heterocycles. The quantitative estimate of drug-likeness (QED) is 0.827. The normalized spacial score (nSPS) is 11.8. The molecule has 1 amide bonds. The number of pyridine rings is 1. The van der Waals surface area contributed by atoms with Gasteiger partial charge in [-0.25, -0.2) is 0 Å². The van der Waals surface area contributed by atoms with Crippen molar-refractivity contribution in [3.63, 3.8) is 0 Å². The number of carbonyl (C=O) groups excluding carboxylic acids is 1. The van der Waals surface area contributed by atoms with Crippen molar-refractivity contribution in [1.82, 2.24) is 10.3 Å². The Labute approximate surface area is 123 Å². The molecular weight excluding hydrogens is 268 g/mol. The molecule has 0 spiro atoms. The SMILES string of the molecule is CC(NC(=O)CCSc1ccccc1)c1ccncc1. The molecule has 2 rings (SSSR count). The third kappa shape index (κ3) is 4.70. The molecule has 3 nitrogen and oxygen atoms in total. The Morgan fingerprint density at radius 1 is 1.20 bits per heavy atom. The van der Waals surface area contributed by atoms with Gasteiger partial charge < -0.3 is 5.32 Å². The molecule has 0 aliphatic heterocycles. The van der Waals surface area contributed by atoms with Crippen molar-refractivity contribution in [2.24, 2.45) is 0 Å². The molecule has 0 fully saturated rings. The molecule has 1 unspecified atom stereocenters. The first-order chi connectivity index (χ1) is 9.75. The van der Waals surface area contributed by atoms with Crippen LogP contribution in [0.2, 0.25) is 0 Å². The second-order valence-electron chi connectivity index (χ2n) is 4.48. The van der Waals surface area contributed by atoms with Crippen LogP contribution in [0.5, 0.6) is 0 Å². The summed E-state index contributed by atoms with van der Waals surface area (Å²) >= 11 is 1.70. The first-order valence-corrected chi connectivity index (χ1v) is 7.61. The van der Waals surface area contributed by atoms with Crippen LogP contribution in [-0.2, 0) is 4.79 Å². The van der Waals surface area contributed by atoms with E-state index < -0.39 is 0 Å². The standard InChI is InChI=1S/C16H18N2OS/c1-13(14-7-10-17-11-8-14)18-16(19)9-12-20-15-5-3-2-4-6-15/h2-8,10-11,13H,9,12H2,1H3,(H,18,19). The molecule has 1 heterocycles. The van der Waals surface area contributed by atoms with Gasteiger partial charge in [-0.05, 0) is 36.8 Å². The summed E-state index contributed by atoms with van der Waals surface area (Å²) < 4.78 is 0. The monoisotopic (exact) mass is 286 g/mol. The second kappa shape index (κ2) is 7.70. The number of rotatable bonds is 6. The van der Waals surface area contributed by atoms with Gasteiger partial charge in [-0.3, -0.25) is 9.78 Å². The third-order valence-electron chi connectivity index (χ3n) is 2.92. The van der Waals surface area contributed by atoms with Crippen LogP contribution in [0.25, 0.3) is 0 Å². The van der Waals surface area contributed by atoms with Crippen LogP contribution in [0.15, 0.2) is 59.8 Å². The van der Waals surface area contributed by atoms with Crippen molar-refractivity contribution in [3.8, 4) is 0 Å². The molecule has 1 aromatic carbocycles. The van der Waals surface area contributed by atoms with Gasteiger partial charge in [-0.1, -0.05) is 18.2 Å². The van der Waals surface area contributed by atoms with Crippen LogP contribution < -0.4 is 5.32 Å². The molecular formula is C16H18N2OS. The first-order valence-electron chi connectivity index (χ1n) is 6.63. The highest BCUT2D eigenvalue weighted by atomic mass is 32.2. The number of nitrogens with zero attached hydrogens (tertiary/aromatic N) is 1. The summed E-state index contributed by atoms with van der Waals surface area (Å²) in [4.78, 5) is 17.0. The predicted molar refractivity (Wildman–Crippen MR) is 82.6 cm³/mol. The fourth-order valence-corrected chi connectivity index (χ4v) is 2.70. The zero-order valence-corrected chi connectivity index (χ0v) is 12.3. The van der Waals surface area contributed by atoms with Gasteiger partial charge in [0, 0.05) is 29.5 Å². The number of amides is 1. The number of carbonyl (C=O) groups is 1. The van der Waals surface area contributed by atoms with Gasteiger partial charge in [0.05, 0.1) is 6.04 Å². The largest absolute Gasteiger partial charge is 0.350 e. The average Bonchev–Trinajstić information content (AvgIpc) is 2.49.